The summed E-state index contributed by atoms with van der Waals surface area (Å²) in [4.78, 5) is 39.2. The van der Waals surface area contributed by atoms with Gasteiger partial charge in [-0.2, -0.15) is 13.2 Å². The topological polar surface area (TPSA) is 66.5 Å². The van der Waals surface area contributed by atoms with Crippen molar-refractivity contribution in [3.05, 3.63) is 70.8 Å². The number of hydrogen-bond donors (Lipinski definition) is 1. The molecule has 1 saturated carbocycles. The molecular weight excluding hydrogens is 409 g/mol. The largest absolute Gasteiger partial charge is 0.393 e. The first kappa shape index (κ1) is 21.1. The van der Waals surface area contributed by atoms with Crippen molar-refractivity contribution in [3.63, 3.8) is 0 Å². The Morgan fingerprint density at radius 2 is 1.65 bits per heavy atom. The van der Waals surface area contributed by atoms with Crippen LogP contribution in [0, 0.1) is 5.92 Å². The minimum Gasteiger partial charge on any atom is -0.349 e. The van der Waals surface area contributed by atoms with Crippen molar-refractivity contribution in [2.75, 3.05) is 0 Å². The third-order valence-corrected chi connectivity index (χ3v) is 5.92. The summed E-state index contributed by atoms with van der Waals surface area (Å²) < 4.78 is 39.9. The zero-order chi connectivity index (χ0) is 22.2. The van der Waals surface area contributed by atoms with E-state index in [9.17, 15) is 27.6 Å². The zero-order valence-corrected chi connectivity index (χ0v) is 16.6. The number of carbonyl (C=O) groups excluding carboxylic acids is 3. The Hall–Kier alpha value is -3.16. The van der Waals surface area contributed by atoms with Crippen molar-refractivity contribution < 1.29 is 27.6 Å². The summed E-state index contributed by atoms with van der Waals surface area (Å²) in [5.41, 5.74) is 1.12. The SMILES string of the molecule is O=C(NC1CCCCC1C(F)(F)F)c1ccc2c(c1)C(=O)N(Cc1ccccc1)C2=O. The van der Waals surface area contributed by atoms with E-state index >= 15 is 0 Å². The fourth-order valence-electron chi connectivity index (χ4n) is 4.29. The lowest BCUT2D eigenvalue weighted by atomic mass is 9.84. The zero-order valence-electron chi connectivity index (χ0n) is 16.6. The number of fused-ring (bicyclic) bond motifs is 1. The molecule has 2 aromatic rings. The standard InChI is InChI=1S/C23H21F3N2O3/c24-23(25,26)18-8-4-5-9-19(18)27-20(29)15-10-11-16-17(12-15)22(31)28(21(16)30)13-14-6-2-1-3-7-14/h1-3,6-7,10-12,18-19H,4-5,8-9,13H2,(H,27,29). The van der Waals surface area contributed by atoms with Crippen molar-refractivity contribution in [2.45, 2.75) is 44.4 Å². The monoisotopic (exact) mass is 430 g/mol. The Bertz CT molecular complexity index is 1020. The number of amides is 3. The van der Waals surface area contributed by atoms with Gasteiger partial charge in [-0.25, -0.2) is 0 Å². The molecule has 0 aromatic heterocycles. The highest BCUT2D eigenvalue weighted by atomic mass is 19.4. The summed E-state index contributed by atoms with van der Waals surface area (Å²) >= 11 is 0. The summed E-state index contributed by atoms with van der Waals surface area (Å²) in [6.07, 6.45) is -3.05. The highest BCUT2D eigenvalue weighted by Gasteiger charge is 2.46. The highest BCUT2D eigenvalue weighted by molar-refractivity contribution is 6.22. The first-order chi connectivity index (χ1) is 14.8. The van der Waals surface area contributed by atoms with Crippen molar-refractivity contribution in [1.29, 1.82) is 0 Å². The number of rotatable bonds is 4. The number of benzene rings is 2. The van der Waals surface area contributed by atoms with Crippen LogP contribution in [-0.2, 0) is 6.54 Å². The van der Waals surface area contributed by atoms with E-state index in [2.05, 4.69) is 5.32 Å². The maximum atomic E-state index is 13.3. The summed E-state index contributed by atoms with van der Waals surface area (Å²) in [6.45, 7) is 0.101. The second-order valence-corrected chi connectivity index (χ2v) is 7.95. The number of nitrogens with zero attached hydrogens (tertiary/aromatic N) is 1. The molecule has 2 aliphatic rings. The number of nitrogens with one attached hydrogen (secondary N) is 1. The maximum absolute atomic E-state index is 13.3. The summed E-state index contributed by atoms with van der Waals surface area (Å²) in [5, 5.41) is 2.49. The van der Waals surface area contributed by atoms with Crippen LogP contribution >= 0.6 is 0 Å². The van der Waals surface area contributed by atoms with E-state index in [0.717, 1.165) is 10.5 Å². The van der Waals surface area contributed by atoms with E-state index in [1.165, 1.54) is 18.2 Å². The molecule has 8 heteroatoms. The average Bonchev–Trinajstić information content (AvgIpc) is 2.98. The van der Waals surface area contributed by atoms with Gasteiger partial charge in [0.25, 0.3) is 17.7 Å². The molecule has 0 bridgehead atoms. The Morgan fingerprint density at radius 3 is 2.35 bits per heavy atom. The lowest BCUT2D eigenvalue weighted by molar-refractivity contribution is -0.187. The number of alkyl halides is 3. The van der Waals surface area contributed by atoms with E-state index in [0.29, 0.717) is 12.8 Å². The first-order valence-corrected chi connectivity index (χ1v) is 10.2. The van der Waals surface area contributed by atoms with Crippen LogP contribution in [0.25, 0.3) is 0 Å². The van der Waals surface area contributed by atoms with Crippen LogP contribution in [0.5, 0.6) is 0 Å². The molecule has 1 aliphatic heterocycles. The molecule has 2 aromatic carbocycles. The van der Waals surface area contributed by atoms with Gasteiger partial charge in [-0.1, -0.05) is 43.2 Å². The van der Waals surface area contributed by atoms with Crippen LogP contribution in [-0.4, -0.2) is 34.8 Å². The summed E-state index contributed by atoms with van der Waals surface area (Å²) in [5.74, 6) is -3.24. The van der Waals surface area contributed by atoms with Crippen molar-refractivity contribution in [3.8, 4) is 0 Å². The highest BCUT2D eigenvalue weighted by Crippen LogP contribution is 2.38. The number of halogens is 3. The number of hydrogen-bond acceptors (Lipinski definition) is 3. The quantitative estimate of drug-likeness (QED) is 0.734. The van der Waals surface area contributed by atoms with Gasteiger partial charge >= 0.3 is 6.18 Å². The molecule has 162 valence electrons. The van der Waals surface area contributed by atoms with Gasteiger partial charge in [0, 0.05) is 11.6 Å². The van der Waals surface area contributed by atoms with Gasteiger partial charge in [0.1, 0.15) is 0 Å². The van der Waals surface area contributed by atoms with Crippen LogP contribution in [0.15, 0.2) is 48.5 Å². The molecule has 2 unspecified atom stereocenters. The Labute approximate surface area is 177 Å². The van der Waals surface area contributed by atoms with Crippen LogP contribution < -0.4 is 5.32 Å². The molecule has 0 saturated heterocycles. The maximum Gasteiger partial charge on any atom is 0.393 e. The van der Waals surface area contributed by atoms with Crippen LogP contribution in [0.1, 0.15) is 62.3 Å². The van der Waals surface area contributed by atoms with Gasteiger partial charge in [0.15, 0.2) is 0 Å². The van der Waals surface area contributed by atoms with Crippen molar-refractivity contribution in [1.82, 2.24) is 10.2 Å². The van der Waals surface area contributed by atoms with Crippen LogP contribution in [0.2, 0.25) is 0 Å². The fourth-order valence-corrected chi connectivity index (χ4v) is 4.29. The normalized spacial score (nSPS) is 21.2. The van der Waals surface area contributed by atoms with Gasteiger partial charge in [-0.3, -0.25) is 19.3 Å². The average molecular weight is 430 g/mol. The molecule has 1 aliphatic carbocycles. The molecule has 2 atom stereocenters. The molecule has 1 fully saturated rings. The Kier molecular flexibility index (Phi) is 5.56. The lowest BCUT2D eigenvalue weighted by Crippen LogP contribution is -2.47. The van der Waals surface area contributed by atoms with E-state index in [1.54, 1.807) is 24.3 Å². The molecular formula is C23H21F3N2O3. The molecule has 3 amide bonds. The van der Waals surface area contributed by atoms with Crippen LogP contribution in [0.4, 0.5) is 13.2 Å². The van der Waals surface area contributed by atoms with E-state index in [1.807, 2.05) is 6.07 Å². The van der Waals surface area contributed by atoms with Gasteiger partial charge < -0.3 is 5.32 Å². The third-order valence-electron chi connectivity index (χ3n) is 5.92. The Morgan fingerprint density at radius 1 is 0.968 bits per heavy atom. The van der Waals surface area contributed by atoms with Crippen LogP contribution in [0.3, 0.4) is 0 Å². The molecule has 0 spiro atoms. The third kappa shape index (κ3) is 4.19. The second-order valence-electron chi connectivity index (χ2n) is 7.95. The first-order valence-electron chi connectivity index (χ1n) is 10.2. The van der Waals surface area contributed by atoms with E-state index in [4.69, 9.17) is 0 Å². The van der Waals surface area contributed by atoms with Gasteiger partial charge in [-0.05, 0) is 36.6 Å². The molecule has 31 heavy (non-hydrogen) atoms. The Balaban J connectivity index is 1.52. The molecule has 5 nitrogen and oxygen atoms in total. The molecule has 0 radical (unpaired) electrons. The van der Waals surface area contributed by atoms with Gasteiger partial charge in [0.2, 0.25) is 0 Å². The van der Waals surface area contributed by atoms with Gasteiger partial charge in [0.05, 0.1) is 23.6 Å². The van der Waals surface area contributed by atoms with E-state index in [-0.39, 0.29) is 36.1 Å². The smallest absolute Gasteiger partial charge is 0.349 e. The minimum atomic E-state index is -4.38. The number of carbonyl (C=O) groups is 3. The molecule has 1 heterocycles. The predicted octanol–water partition coefficient (Wildman–Crippen LogP) is 4.33. The van der Waals surface area contributed by atoms with Crippen molar-refractivity contribution in [2.24, 2.45) is 5.92 Å². The predicted molar refractivity (Wildman–Crippen MR) is 106 cm³/mol. The molecule has 4 rings (SSSR count). The molecule has 1 N–H and O–H groups in total. The minimum absolute atomic E-state index is 0.0138. The summed E-state index contributed by atoms with van der Waals surface area (Å²) in [7, 11) is 0. The van der Waals surface area contributed by atoms with E-state index < -0.39 is 35.9 Å². The summed E-state index contributed by atoms with van der Waals surface area (Å²) in [6, 6.07) is 12.1. The van der Waals surface area contributed by atoms with Gasteiger partial charge in [-0.15, -0.1) is 0 Å². The second kappa shape index (κ2) is 8.17. The number of imide groups is 1. The fraction of sp³-hybridized carbons (Fsp3) is 0.348. The van der Waals surface area contributed by atoms with Crippen molar-refractivity contribution >= 4 is 17.7 Å². The lowest BCUT2D eigenvalue weighted by Gasteiger charge is -2.33.